The molecule has 2 aromatic carbocycles. The fourth-order valence-corrected chi connectivity index (χ4v) is 3.19. The Bertz CT molecular complexity index is 756. The molecule has 0 amide bonds. The molecule has 23 heavy (non-hydrogen) atoms. The molecule has 5 nitrogen and oxygen atoms in total. The highest BCUT2D eigenvalue weighted by Gasteiger charge is 2.14. The minimum atomic E-state index is -3.58. The van der Waals surface area contributed by atoms with Gasteiger partial charge in [0.15, 0.2) is 0 Å². The molecular formula is C17H22N2O3S. The van der Waals surface area contributed by atoms with Crippen LogP contribution in [-0.4, -0.2) is 28.7 Å². The Hall–Kier alpha value is -2.05. The molecule has 6 heteroatoms. The summed E-state index contributed by atoms with van der Waals surface area (Å²) in [6.07, 6.45) is 0. The maximum atomic E-state index is 12.4. The minimum Gasteiger partial charge on any atom is -0.383 e. The van der Waals surface area contributed by atoms with E-state index in [4.69, 9.17) is 4.74 Å². The summed E-state index contributed by atoms with van der Waals surface area (Å²) in [4.78, 5) is 0.267. The molecule has 0 fully saturated rings. The Balaban J connectivity index is 2.09. The largest absolute Gasteiger partial charge is 0.383 e. The van der Waals surface area contributed by atoms with Gasteiger partial charge in [-0.15, -0.1) is 0 Å². The summed E-state index contributed by atoms with van der Waals surface area (Å²) < 4.78 is 32.4. The third-order valence-corrected chi connectivity index (χ3v) is 4.94. The van der Waals surface area contributed by atoms with E-state index < -0.39 is 10.0 Å². The number of anilines is 2. The van der Waals surface area contributed by atoms with Crippen molar-refractivity contribution in [2.75, 3.05) is 30.3 Å². The lowest BCUT2D eigenvalue weighted by Gasteiger charge is -2.11. The number of benzene rings is 2. The molecule has 0 aliphatic rings. The van der Waals surface area contributed by atoms with E-state index in [9.17, 15) is 8.42 Å². The number of rotatable bonds is 7. The molecule has 2 rings (SSSR count). The second-order valence-electron chi connectivity index (χ2n) is 5.35. The summed E-state index contributed by atoms with van der Waals surface area (Å²) in [7, 11) is -1.93. The lowest BCUT2D eigenvalue weighted by molar-refractivity contribution is 0.211. The standard InChI is InChI=1S/C17H22N2O3S/c1-13-4-9-17(12-14(13)2)23(20,21)19-16-7-5-15(6-8-16)18-10-11-22-3/h4-9,12,18-19H,10-11H2,1-3H3. The molecule has 2 aromatic rings. The van der Waals surface area contributed by atoms with Gasteiger partial charge in [0, 0.05) is 25.0 Å². The zero-order valence-electron chi connectivity index (χ0n) is 13.6. The second kappa shape index (κ2) is 7.48. The predicted molar refractivity (Wildman–Crippen MR) is 93.5 cm³/mol. The van der Waals surface area contributed by atoms with Gasteiger partial charge in [-0.25, -0.2) is 8.42 Å². The Kier molecular flexibility index (Phi) is 5.63. The lowest BCUT2D eigenvalue weighted by atomic mass is 10.1. The molecule has 0 radical (unpaired) electrons. The van der Waals surface area contributed by atoms with Crippen LogP contribution in [0.5, 0.6) is 0 Å². The summed E-state index contributed by atoms with van der Waals surface area (Å²) >= 11 is 0. The summed E-state index contributed by atoms with van der Waals surface area (Å²) in [5.41, 5.74) is 3.46. The maximum absolute atomic E-state index is 12.4. The van der Waals surface area contributed by atoms with Crippen molar-refractivity contribution in [3.63, 3.8) is 0 Å². The molecule has 0 aliphatic carbocycles. The fraction of sp³-hybridized carbons (Fsp3) is 0.294. The van der Waals surface area contributed by atoms with Gasteiger partial charge in [-0.3, -0.25) is 4.72 Å². The lowest BCUT2D eigenvalue weighted by Crippen LogP contribution is -2.13. The molecule has 0 atom stereocenters. The van der Waals surface area contributed by atoms with Gasteiger partial charge in [0.25, 0.3) is 10.0 Å². The first-order valence-corrected chi connectivity index (χ1v) is 8.83. The van der Waals surface area contributed by atoms with E-state index in [1.54, 1.807) is 31.4 Å². The highest BCUT2D eigenvalue weighted by Crippen LogP contribution is 2.20. The highest BCUT2D eigenvalue weighted by atomic mass is 32.2. The number of methoxy groups -OCH3 is 1. The number of hydrogen-bond acceptors (Lipinski definition) is 4. The van der Waals surface area contributed by atoms with E-state index >= 15 is 0 Å². The smallest absolute Gasteiger partial charge is 0.261 e. The maximum Gasteiger partial charge on any atom is 0.261 e. The quantitative estimate of drug-likeness (QED) is 0.763. The molecule has 0 spiro atoms. The van der Waals surface area contributed by atoms with E-state index in [-0.39, 0.29) is 4.90 Å². The Morgan fingerprint density at radius 3 is 2.22 bits per heavy atom. The monoisotopic (exact) mass is 334 g/mol. The zero-order valence-corrected chi connectivity index (χ0v) is 14.4. The van der Waals surface area contributed by atoms with Crippen LogP contribution in [0.1, 0.15) is 11.1 Å². The molecule has 0 heterocycles. The normalized spacial score (nSPS) is 11.3. The minimum absolute atomic E-state index is 0.267. The van der Waals surface area contributed by atoms with Crippen molar-refractivity contribution < 1.29 is 13.2 Å². The Morgan fingerprint density at radius 2 is 1.61 bits per heavy atom. The van der Waals surface area contributed by atoms with Crippen molar-refractivity contribution in [3.8, 4) is 0 Å². The average Bonchev–Trinajstić information content (AvgIpc) is 2.51. The van der Waals surface area contributed by atoms with Crippen LogP contribution in [0.3, 0.4) is 0 Å². The van der Waals surface area contributed by atoms with Crippen molar-refractivity contribution in [1.29, 1.82) is 0 Å². The number of nitrogens with one attached hydrogen (secondary N) is 2. The van der Waals surface area contributed by atoms with E-state index in [1.165, 1.54) is 0 Å². The topological polar surface area (TPSA) is 67.4 Å². The van der Waals surface area contributed by atoms with Crippen LogP contribution in [0.25, 0.3) is 0 Å². The Labute approximate surface area is 137 Å². The van der Waals surface area contributed by atoms with Crippen LogP contribution < -0.4 is 10.0 Å². The summed E-state index contributed by atoms with van der Waals surface area (Å²) in [6.45, 7) is 5.16. The van der Waals surface area contributed by atoms with Gasteiger partial charge >= 0.3 is 0 Å². The average molecular weight is 334 g/mol. The summed E-state index contributed by atoms with van der Waals surface area (Å²) in [6, 6.07) is 12.2. The van der Waals surface area contributed by atoms with Gasteiger partial charge in [0.05, 0.1) is 11.5 Å². The molecular weight excluding hydrogens is 312 g/mol. The number of sulfonamides is 1. The van der Waals surface area contributed by atoms with Gasteiger partial charge < -0.3 is 10.1 Å². The molecule has 0 aliphatic heterocycles. The van der Waals surface area contributed by atoms with Crippen LogP contribution in [0, 0.1) is 13.8 Å². The SMILES string of the molecule is COCCNc1ccc(NS(=O)(=O)c2ccc(C)c(C)c2)cc1. The van der Waals surface area contributed by atoms with Gasteiger partial charge in [0.1, 0.15) is 0 Å². The fourth-order valence-electron chi connectivity index (χ4n) is 2.05. The predicted octanol–water partition coefficient (Wildman–Crippen LogP) is 3.16. The molecule has 0 unspecified atom stereocenters. The number of aryl methyl sites for hydroxylation is 2. The van der Waals surface area contributed by atoms with E-state index in [0.717, 1.165) is 16.8 Å². The molecule has 0 saturated carbocycles. The van der Waals surface area contributed by atoms with Gasteiger partial charge in [-0.2, -0.15) is 0 Å². The molecule has 0 bridgehead atoms. The second-order valence-corrected chi connectivity index (χ2v) is 7.03. The van der Waals surface area contributed by atoms with Crippen molar-refractivity contribution in [3.05, 3.63) is 53.6 Å². The van der Waals surface area contributed by atoms with E-state index in [0.29, 0.717) is 18.8 Å². The zero-order chi connectivity index (χ0) is 16.9. The van der Waals surface area contributed by atoms with Crippen molar-refractivity contribution in [1.82, 2.24) is 0 Å². The first kappa shape index (κ1) is 17.3. The molecule has 0 aromatic heterocycles. The van der Waals surface area contributed by atoms with Crippen LogP contribution in [0.4, 0.5) is 11.4 Å². The molecule has 124 valence electrons. The Morgan fingerprint density at radius 1 is 0.957 bits per heavy atom. The highest BCUT2D eigenvalue weighted by molar-refractivity contribution is 7.92. The van der Waals surface area contributed by atoms with Gasteiger partial charge in [-0.05, 0) is 61.4 Å². The van der Waals surface area contributed by atoms with Gasteiger partial charge in [-0.1, -0.05) is 6.07 Å². The van der Waals surface area contributed by atoms with Crippen LogP contribution in [-0.2, 0) is 14.8 Å². The van der Waals surface area contributed by atoms with Crippen molar-refractivity contribution >= 4 is 21.4 Å². The van der Waals surface area contributed by atoms with Gasteiger partial charge in [0.2, 0.25) is 0 Å². The first-order chi connectivity index (χ1) is 10.9. The molecule has 0 saturated heterocycles. The summed E-state index contributed by atoms with van der Waals surface area (Å²) in [5.74, 6) is 0. The van der Waals surface area contributed by atoms with Crippen molar-refractivity contribution in [2.24, 2.45) is 0 Å². The van der Waals surface area contributed by atoms with Crippen LogP contribution in [0.15, 0.2) is 47.4 Å². The number of ether oxygens (including phenoxy) is 1. The molecule has 2 N–H and O–H groups in total. The van der Waals surface area contributed by atoms with E-state index in [2.05, 4.69) is 10.0 Å². The van der Waals surface area contributed by atoms with Crippen LogP contribution in [0.2, 0.25) is 0 Å². The first-order valence-electron chi connectivity index (χ1n) is 7.35. The summed E-state index contributed by atoms with van der Waals surface area (Å²) in [5, 5.41) is 3.18. The number of hydrogen-bond donors (Lipinski definition) is 2. The van der Waals surface area contributed by atoms with Crippen molar-refractivity contribution in [2.45, 2.75) is 18.7 Å². The third kappa shape index (κ3) is 4.71. The van der Waals surface area contributed by atoms with E-state index in [1.807, 2.05) is 32.0 Å². The third-order valence-electron chi connectivity index (χ3n) is 3.56. The van der Waals surface area contributed by atoms with Crippen LogP contribution >= 0.6 is 0 Å².